The number of halogens is 3. The van der Waals surface area contributed by atoms with Crippen LogP contribution in [0.15, 0.2) is 36.9 Å². The van der Waals surface area contributed by atoms with Gasteiger partial charge < -0.3 is 14.7 Å². The zero-order chi connectivity index (χ0) is 19.3. The van der Waals surface area contributed by atoms with Crippen LogP contribution in [-0.4, -0.2) is 34.4 Å². The maximum Gasteiger partial charge on any atom is 0.435 e. The van der Waals surface area contributed by atoms with Crippen LogP contribution in [0.4, 0.5) is 13.2 Å². The van der Waals surface area contributed by atoms with Crippen LogP contribution >= 0.6 is 0 Å². The number of aromatic nitrogens is 6. The molecule has 4 aromatic heterocycles. The molecule has 140 valence electrons. The van der Waals surface area contributed by atoms with Gasteiger partial charge in [0.2, 0.25) is 0 Å². The summed E-state index contributed by atoms with van der Waals surface area (Å²) in [7, 11) is 1.61. The van der Waals surface area contributed by atoms with E-state index in [0.29, 0.717) is 22.4 Å². The van der Waals surface area contributed by atoms with Crippen molar-refractivity contribution in [2.75, 3.05) is 0 Å². The van der Waals surface area contributed by atoms with Crippen molar-refractivity contribution in [3.63, 3.8) is 0 Å². The van der Waals surface area contributed by atoms with Gasteiger partial charge in [0, 0.05) is 18.9 Å². The molecule has 0 amide bonds. The third-order valence-corrected chi connectivity index (χ3v) is 4.24. The van der Waals surface area contributed by atoms with Gasteiger partial charge in [-0.1, -0.05) is 0 Å². The molecule has 0 fully saturated rings. The fourth-order valence-electron chi connectivity index (χ4n) is 2.88. The number of nitrogens with zero attached hydrogens (tertiary/aromatic N) is 5. The van der Waals surface area contributed by atoms with Crippen LogP contribution in [0.5, 0.6) is 0 Å². The lowest BCUT2D eigenvalue weighted by atomic mass is 10.2. The third-order valence-electron chi connectivity index (χ3n) is 4.24. The van der Waals surface area contributed by atoms with E-state index in [1.165, 1.54) is 23.3 Å². The molecule has 27 heavy (non-hydrogen) atoms. The number of hydrogen-bond donors (Lipinski definition) is 2. The van der Waals surface area contributed by atoms with Gasteiger partial charge in [-0.15, -0.1) is 0 Å². The number of imidazole rings is 1. The Hall–Kier alpha value is -3.14. The number of aryl methyl sites for hydroxylation is 1. The second-order valence-corrected chi connectivity index (χ2v) is 6.23. The lowest BCUT2D eigenvalue weighted by Gasteiger charge is -2.05. The molecule has 0 aliphatic carbocycles. The number of H-pyrrole nitrogens is 1. The van der Waals surface area contributed by atoms with Gasteiger partial charge in [-0.25, -0.2) is 14.6 Å². The fourth-order valence-corrected chi connectivity index (χ4v) is 2.88. The Morgan fingerprint density at radius 3 is 2.67 bits per heavy atom. The molecule has 1 atom stereocenters. The van der Waals surface area contributed by atoms with Crippen molar-refractivity contribution in [3.8, 4) is 17.1 Å². The van der Waals surface area contributed by atoms with Gasteiger partial charge in [0.05, 0.1) is 40.9 Å². The van der Waals surface area contributed by atoms with E-state index in [0.717, 1.165) is 4.68 Å². The Labute approximate surface area is 151 Å². The van der Waals surface area contributed by atoms with Crippen molar-refractivity contribution < 1.29 is 18.3 Å². The first-order chi connectivity index (χ1) is 12.7. The minimum Gasteiger partial charge on any atom is -0.387 e. The Bertz CT molecular complexity index is 1120. The van der Waals surface area contributed by atoms with Crippen LogP contribution in [0.2, 0.25) is 0 Å². The number of pyridine rings is 1. The molecule has 0 saturated carbocycles. The quantitative estimate of drug-likeness (QED) is 0.575. The average Bonchev–Trinajstić information content (AvgIpc) is 3.30. The van der Waals surface area contributed by atoms with Gasteiger partial charge >= 0.3 is 6.18 Å². The predicted molar refractivity (Wildman–Crippen MR) is 91.1 cm³/mol. The molecule has 0 bridgehead atoms. The molecule has 10 heteroatoms. The summed E-state index contributed by atoms with van der Waals surface area (Å²) >= 11 is 0. The van der Waals surface area contributed by atoms with Crippen LogP contribution in [0.1, 0.15) is 24.4 Å². The van der Waals surface area contributed by atoms with Gasteiger partial charge in [-0.3, -0.25) is 0 Å². The maximum absolute atomic E-state index is 13.5. The van der Waals surface area contributed by atoms with E-state index in [1.54, 1.807) is 32.2 Å². The van der Waals surface area contributed by atoms with E-state index in [-0.39, 0.29) is 11.4 Å². The molecule has 0 radical (unpaired) electrons. The SMILES string of the molecule is C[C@@H](O)c1cc2nc(-n3cc(-c4cncn4C)c(C(F)(F)F)n3)ccc2[nH]1. The van der Waals surface area contributed by atoms with Crippen molar-refractivity contribution in [1.29, 1.82) is 0 Å². The predicted octanol–water partition coefficient (Wildman–Crippen LogP) is 3.22. The molecule has 0 saturated heterocycles. The second-order valence-electron chi connectivity index (χ2n) is 6.23. The van der Waals surface area contributed by atoms with E-state index >= 15 is 0 Å². The van der Waals surface area contributed by atoms with Gasteiger partial charge in [-0.05, 0) is 25.1 Å². The first-order valence-electron chi connectivity index (χ1n) is 8.05. The van der Waals surface area contributed by atoms with Crippen molar-refractivity contribution >= 4 is 11.0 Å². The number of aliphatic hydroxyl groups is 1. The number of fused-ring (bicyclic) bond motifs is 1. The molecule has 4 heterocycles. The lowest BCUT2D eigenvalue weighted by molar-refractivity contribution is -0.140. The molecular formula is C17H15F3N6O. The molecule has 4 rings (SSSR count). The van der Waals surface area contributed by atoms with Crippen LogP contribution in [0, 0.1) is 0 Å². The Morgan fingerprint density at radius 2 is 2.04 bits per heavy atom. The number of rotatable bonds is 3. The van der Waals surface area contributed by atoms with Gasteiger partial charge in [0.1, 0.15) is 0 Å². The number of aliphatic hydroxyl groups excluding tert-OH is 1. The molecule has 0 aliphatic heterocycles. The van der Waals surface area contributed by atoms with Crippen LogP contribution in [0.3, 0.4) is 0 Å². The number of alkyl halides is 3. The molecular weight excluding hydrogens is 361 g/mol. The van der Waals surface area contributed by atoms with Crippen molar-refractivity contribution in [3.05, 3.63) is 48.3 Å². The van der Waals surface area contributed by atoms with Gasteiger partial charge in [0.15, 0.2) is 11.5 Å². The average molecular weight is 376 g/mol. The highest BCUT2D eigenvalue weighted by atomic mass is 19.4. The molecule has 4 aromatic rings. The number of hydrogen-bond acceptors (Lipinski definition) is 4. The second kappa shape index (κ2) is 5.95. The highest BCUT2D eigenvalue weighted by Crippen LogP contribution is 2.36. The Morgan fingerprint density at radius 1 is 1.26 bits per heavy atom. The minimum absolute atomic E-state index is 0.0804. The Kier molecular flexibility index (Phi) is 3.81. The highest BCUT2D eigenvalue weighted by Gasteiger charge is 2.38. The zero-order valence-electron chi connectivity index (χ0n) is 14.4. The monoisotopic (exact) mass is 376 g/mol. The van der Waals surface area contributed by atoms with E-state index in [9.17, 15) is 18.3 Å². The Balaban J connectivity index is 1.86. The smallest absolute Gasteiger partial charge is 0.387 e. The summed E-state index contributed by atoms with van der Waals surface area (Å²) < 4.78 is 43.1. The molecule has 7 nitrogen and oxygen atoms in total. The first-order valence-corrected chi connectivity index (χ1v) is 8.05. The third kappa shape index (κ3) is 2.97. The largest absolute Gasteiger partial charge is 0.435 e. The summed E-state index contributed by atoms with van der Waals surface area (Å²) in [5.41, 5.74) is 0.975. The van der Waals surface area contributed by atoms with Crippen molar-refractivity contribution in [1.82, 2.24) is 29.3 Å². The van der Waals surface area contributed by atoms with Crippen LogP contribution < -0.4 is 0 Å². The lowest BCUT2D eigenvalue weighted by Crippen LogP contribution is -2.09. The molecule has 2 N–H and O–H groups in total. The summed E-state index contributed by atoms with van der Waals surface area (Å²) in [6, 6.07) is 4.90. The highest BCUT2D eigenvalue weighted by molar-refractivity contribution is 5.77. The van der Waals surface area contributed by atoms with E-state index in [1.807, 2.05) is 0 Å². The first kappa shape index (κ1) is 17.3. The fraction of sp³-hybridized carbons (Fsp3) is 0.235. The van der Waals surface area contributed by atoms with Gasteiger partial charge in [0.25, 0.3) is 0 Å². The summed E-state index contributed by atoms with van der Waals surface area (Å²) in [5, 5.41) is 13.4. The molecule has 0 unspecified atom stereocenters. The van der Waals surface area contributed by atoms with Gasteiger partial charge in [-0.2, -0.15) is 18.3 Å². The zero-order valence-corrected chi connectivity index (χ0v) is 14.4. The molecule has 0 aliphatic rings. The topological polar surface area (TPSA) is 84.6 Å². The normalized spacial score (nSPS) is 13.4. The van der Waals surface area contributed by atoms with Crippen molar-refractivity contribution in [2.24, 2.45) is 7.05 Å². The number of aromatic amines is 1. The van der Waals surface area contributed by atoms with E-state index in [4.69, 9.17) is 0 Å². The summed E-state index contributed by atoms with van der Waals surface area (Å²) in [4.78, 5) is 11.2. The summed E-state index contributed by atoms with van der Waals surface area (Å²) in [6.07, 6.45) is -1.26. The minimum atomic E-state index is -4.62. The standard InChI is InChI=1S/C17H15F3N6O/c1-9(27)12-5-13-11(22-12)3-4-15(23-13)26-7-10(14-6-21-8-25(14)2)16(24-26)17(18,19)20/h3-9,22,27H,1-2H3/t9-/m1/s1. The van der Waals surface area contributed by atoms with E-state index in [2.05, 4.69) is 20.1 Å². The molecule has 0 spiro atoms. The van der Waals surface area contributed by atoms with Crippen molar-refractivity contribution in [2.45, 2.75) is 19.2 Å². The molecule has 0 aromatic carbocycles. The summed E-state index contributed by atoms with van der Waals surface area (Å²) in [5.74, 6) is 0.234. The number of nitrogens with one attached hydrogen (secondary N) is 1. The van der Waals surface area contributed by atoms with E-state index < -0.39 is 18.0 Å². The maximum atomic E-state index is 13.5. The van der Waals surface area contributed by atoms with Crippen LogP contribution in [0.25, 0.3) is 28.1 Å². The summed E-state index contributed by atoms with van der Waals surface area (Å²) in [6.45, 7) is 1.61. The van der Waals surface area contributed by atoms with Crippen LogP contribution in [-0.2, 0) is 13.2 Å².